The van der Waals surface area contributed by atoms with Gasteiger partial charge in [0.05, 0.1) is 0 Å². The van der Waals surface area contributed by atoms with Crippen molar-refractivity contribution in [3.8, 4) is 0 Å². The highest BCUT2D eigenvalue weighted by molar-refractivity contribution is 4.98. The lowest BCUT2D eigenvalue weighted by atomic mass is 10.2. The van der Waals surface area contributed by atoms with E-state index in [-0.39, 0.29) is 0 Å². The van der Waals surface area contributed by atoms with Crippen molar-refractivity contribution in [3.63, 3.8) is 0 Å². The van der Waals surface area contributed by atoms with Gasteiger partial charge in [-0.3, -0.25) is 4.90 Å². The van der Waals surface area contributed by atoms with E-state index >= 15 is 0 Å². The third-order valence-electron chi connectivity index (χ3n) is 2.33. The van der Waals surface area contributed by atoms with Gasteiger partial charge in [0, 0.05) is 6.54 Å². The molecule has 1 saturated heterocycles. The fraction of sp³-hybridized carbons (Fsp3) is 0.636. The highest BCUT2D eigenvalue weighted by Gasteiger charge is 2.05. The Labute approximate surface area is 75.8 Å². The molecule has 0 bridgehead atoms. The Hall–Kier alpha value is -0.560. The summed E-state index contributed by atoms with van der Waals surface area (Å²) in [5.74, 6) is 0. The van der Waals surface area contributed by atoms with Crippen LogP contribution in [-0.4, -0.2) is 24.5 Å². The summed E-state index contributed by atoms with van der Waals surface area (Å²) in [5, 5.41) is 0. The van der Waals surface area contributed by atoms with E-state index in [1.54, 1.807) is 0 Å². The van der Waals surface area contributed by atoms with Crippen molar-refractivity contribution in [2.24, 2.45) is 0 Å². The lowest BCUT2D eigenvalue weighted by molar-refractivity contribution is 0.316. The Kier molecular flexibility index (Phi) is 4.77. The molecule has 0 unspecified atom stereocenters. The van der Waals surface area contributed by atoms with Gasteiger partial charge < -0.3 is 0 Å². The van der Waals surface area contributed by atoms with E-state index < -0.39 is 0 Å². The number of nitrogens with zero attached hydrogens (tertiary/aromatic N) is 1. The van der Waals surface area contributed by atoms with Crippen molar-refractivity contribution in [3.05, 3.63) is 24.8 Å². The zero-order valence-corrected chi connectivity index (χ0v) is 7.84. The first-order valence-electron chi connectivity index (χ1n) is 4.93. The largest absolute Gasteiger partial charge is 0.300 e. The number of allylic oxidation sites excluding steroid dienone is 2. The predicted molar refractivity (Wildman–Crippen MR) is 54.2 cm³/mol. The first kappa shape index (κ1) is 9.53. The van der Waals surface area contributed by atoms with Crippen molar-refractivity contribution >= 4 is 0 Å². The molecule has 0 aromatic heterocycles. The summed E-state index contributed by atoms with van der Waals surface area (Å²) in [7, 11) is 0. The van der Waals surface area contributed by atoms with Crippen molar-refractivity contribution in [2.45, 2.75) is 25.7 Å². The van der Waals surface area contributed by atoms with Gasteiger partial charge in [-0.2, -0.15) is 0 Å². The second-order valence-corrected chi connectivity index (χ2v) is 3.38. The Morgan fingerprint density at radius 1 is 1.08 bits per heavy atom. The SMILES string of the molecule is C=C/C=C/CN1CCCCCC1. The third-order valence-corrected chi connectivity index (χ3v) is 2.33. The molecule has 1 heteroatoms. The Balaban J connectivity index is 2.20. The molecule has 0 saturated carbocycles. The van der Waals surface area contributed by atoms with Crippen LogP contribution in [0.15, 0.2) is 24.8 Å². The van der Waals surface area contributed by atoms with Crippen LogP contribution in [0.4, 0.5) is 0 Å². The average molecular weight is 165 g/mol. The van der Waals surface area contributed by atoms with Crippen LogP contribution < -0.4 is 0 Å². The van der Waals surface area contributed by atoms with E-state index in [1.165, 1.54) is 38.8 Å². The van der Waals surface area contributed by atoms with Crippen molar-refractivity contribution in [1.82, 2.24) is 4.90 Å². The molecule has 0 radical (unpaired) electrons. The topological polar surface area (TPSA) is 3.24 Å². The van der Waals surface area contributed by atoms with Crippen LogP contribution in [0.2, 0.25) is 0 Å². The summed E-state index contributed by atoms with van der Waals surface area (Å²) in [6, 6.07) is 0. The van der Waals surface area contributed by atoms with Crippen LogP contribution in [-0.2, 0) is 0 Å². The van der Waals surface area contributed by atoms with Crippen LogP contribution in [0.3, 0.4) is 0 Å². The fourth-order valence-electron chi connectivity index (χ4n) is 1.62. The van der Waals surface area contributed by atoms with Gasteiger partial charge in [-0.1, -0.05) is 37.6 Å². The van der Waals surface area contributed by atoms with E-state index in [0.717, 1.165) is 6.54 Å². The highest BCUT2D eigenvalue weighted by atomic mass is 15.1. The van der Waals surface area contributed by atoms with Crippen LogP contribution >= 0.6 is 0 Å². The van der Waals surface area contributed by atoms with Gasteiger partial charge >= 0.3 is 0 Å². The molecule has 1 fully saturated rings. The number of rotatable bonds is 3. The summed E-state index contributed by atoms with van der Waals surface area (Å²) < 4.78 is 0. The van der Waals surface area contributed by atoms with Crippen molar-refractivity contribution in [1.29, 1.82) is 0 Å². The molecule has 0 amide bonds. The van der Waals surface area contributed by atoms with Gasteiger partial charge in [-0.25, -0.2) is 0 Å². The maximum absolute atomic E-state index is 3.66. The van der Waals surface area contributed by atoms with Crippen LogP contribution in [0.1, 0.15) is 25.7 Å². The second kappa shape index (κ2) is 6.01. The first-order valence-corrected chi connectivity index (χ1v) is 4.93. The Morgan fingerprint density at radius 3 is 2.33 bits per heavy atom. The molecule has 0 aliphatic carbocycles. The Bertz CT molecular complexity index is 141. The molecule has 0 aromatic carbocycles. The molecule has 1 nitrogen and oxygen atoms in total. The molecule has 1 aliphatic rings. The van der Waals surface area contributed by atoms with Gasteiger partial charge in [-0.15, -0.1) is 0 Å². The molecule has 0 atom stereocenters. The lowest BCUT2D eigenvalue weighted by Crippen LogP contribution is -2.24. The maximum atomic E-state index is 3.66. The van der Waals surface area contributed by atoms with Crippen molar-refractivity contribution < 1.29 is 0 Å². The second-order valence-electron chi connectivity index (χ2n) is 3.38. The minimum Gasteiger partial charge on any atom is -0.300 e. The van der Waals surface area contributed by atoms with E-state index in [1.807, 2.05) is 12.2 Å². The van der Waals surface area contributed by atoms with Gasteiger partial charge in [0.1, 0.15) is 0 Å². The van der Waals surface area contributed by atoms with Gasteiger partial charge in [-0.05, 0) is 25.9 Å². The smallest absolute Gasteiger partial charge is 0.0166 e. The first-order chi connectivity index (χ1) is 5.93. The van der Waals surface area contributed by atoms with E-state index in [0.29, 0.717) is 0 Å². The summed E-state index contributed by atoms with van der Waals surface area (Å²) in [4.78, 5) is 2.52. The third kappa shape index (κ3) is 3.72. The standard InChI is InChI=1S/C11H19N/c1-2-3-6-9-12-10-7-4-5-8-11-12/h2-3,6H,1,4-5,7-11H2/b6-3+. The average Bonchev–Trinajstić information content (AvgIpc) is 2.33. The molecule has 0 N–H and O–H groups in total. The van der Waals surface area contributed by atoms with Crippen LogP contribution in [0.5, 0.6) is 0 Å². The monoisotopic (exact) mass is 165 g/mol. The van der Waals surface area contributed by atoms with E-state index in [9.17, 15) is 0 Å². The van der Waals surface area contributed by atoms with E-state index in [4.69, 9.17) is 0 Å². The zero-order valence-electron chi connectivity index (χ0n) is 7.84. The van der Waals surface area contributed by atoms with E-state index in [2.05, 4.69) is 17.6 Å². The summed E-state index contributed by atoms with van der Waals surface area (Å²) in [5.41, 5.74) is 0. The summed E-state index contributed by atoms with van der Waals surface area (Å²) in [6.45, 7) is 7.32. The maximum Gasteiger partial charge on any atom is 0.0166 e. The molecule has 1 heterocycles. The van der Waals surface area contributed by atoms with Crippen molar-refractivity contribution in [2.75, 3.05) is 19.6 Å². The Morgan fingerprint density at radius 2 is 1.75 bits per heavy atom. The molecule has 1 aliphatic heterocycles. The number of likely N-dealkylation sites (tertiary alicyclic amines) is 1. The zero-order chi connectivity index (χ0) is 8.65. The minimum absolute atomic E-state index is 1.10. The van der Waals surface area contributed by atoms with Gasteiger partial charge in [0.25, 0.3) is 0 Å². The quantitative estimate of drug-likeness (QED) is 0.581. The molecule has 12 heavy (non-hydrogen) atoms. The molecular formula is C11H19N. The summed E-state index contributed by atoms with van der Waals surface area (Å²) >= 11 is 0. The summed E-state index contributed by atoms with van der Waals surface area (Å²) in [6.07, 6.45) is 11.7. The molecule has 1 rings (SSSR count). The number of hydrogen-bond acceptors (Lipinski definition) is 1. The highest BCUT2D eigenvalue weighted by Crippen LogP contribution is 2.08. The molecule has 68 valence electrons. The fourth-order valence-corrected chi connectivity index (χ4v) is 1.62. The molecular weight excluding hydrogens is 146 g/mol. The van der Waals surface area contributed by atoms with Gasteiger partial charge in [0.2, 0.25) is 0 Å². The van der Waals surface area contributed by atoms with Crippen LogP contribution in [0.25, 0.3) is 0 Å². The predicted octanol–water partition coefficient (Wildman–Crippen LogP) is 2.60. The number of hydrogen-bond donors (Lipinski definition) is 0. The molecule has 0 spiro atoms. The van der Waals surface area contributed by atoms with Gasteiger partial charge in [0.15, 0.2) is 0 Å². The lowest BCUT2D eigenvalue weighted by Gasteiger charge is -2.16. The molecule has 0 aromatic rings. The normalized spacial score (nSPS) is 21.0. The van der Waals surface area contributed by atoms with Crippen LogP contribution in [0, 0.1) is 0 Å². The minimum atomic E-state index is 1.10.